The summed E-state index contributed by atoms with van der Waals surface area (Å²) in [6, 6.07) is 0. The summed E-state index contributed by atoms with van der Waals surface area (Å²) in [6.45, 7) is 13.5. The minimum atomic E-state index is 0. The quantitative estimate of drug-likeness (QED) is 0.375. The average molecular weight is 506 g/mol. The number of guanidine groups is 1. The van der Waals surface area contributed by atoms with E-state index < -0.39 is 0 Å². The Labute approximate surface area is 186 Å². The van der Waals surface area contributed by atoms with Crippen molar-refractivity contribution in [2.24, 2.45) is 16.3 Å². The highest BCUT2D eigenvalue weighted by Crippen LogP contribution is 2.28. The molecule has 0 bridgehead atoms. The Balaban J connectivity index is 0.00000261. The van der Waals surface area contributed by atoms with Crippen molar-refractivity contribution in [2.45, 2.75) is 53.0 Å². The Kier molecular flexibility index (Phi) is 8.80. The first-order valence-electron chi connectivity index (χ1n) is 10.1. The summed E-state index contributed by atoms with van der Waals surface area (Å²) in [5.74, 6) is 1.84. The molecule has 2 aliphatic heterocycles. The van der Waals surface area contributed by atoms with Crippen LogP contribution in [0.15, 0.2) is 10.4 Å². The number of aliphatic imine (C=N–C) groups is 1. The summed E-state index contributed by atoms with van der Waals surface area (Å²) in [6.07, 6.45) is 4.83. The number of aromatic nitrogens is 1. The predicted octanol–water partition coefficient (Wildman–Crippen LogP) is 3.84. The summed E-state index contributed by atoms with van der Waals surface area (Å²) in [7, 11) is 1.91. The molecule has 3 rings (SSSR count). The van der Waals surface area contributed by atoms with E-state index in [0.717, 1.165) is 44.5 Å². The topological polar surface area (TPSA) is 43.8 Å². The van der Waals surface area contributed by atoms with E-state index in [9.17, 15) is 0 Å². The van der Waals surface area contributed by atoms with Crippen LogP contribution in [0.2, 0.25) is 0 Å². The molecular formula is C20H36IN5S. The smallest absolute Gasteiger partial charge is 0.193 e. The Morgan fingerprint density at radius 2 is 2.07 bits per heavy atom. The lowest BCUT2D eigenvalue weighted by Crippen LogP contribution is -2.44. The first kappa shape index (κ1) is 22.9. The highest BCUT2D eigenvalue weighted by Gasteiger charge is 2.31. The number of likely N-dealkylation sites (tertiary alicyclic amines) is 2. The molecule has 1 N–H and O–H groups in total. The number of hydrogen-bond acceptors (Lipinski definition) is 4. The van der Waals surface area contributed by atoms with Crippen LogP contribution < -0.4 is 5.32 Å². The number of aryl methyl sites for hydroxylation is 1. The molecular weight excluding hydrogens is 469 g/mol. The van der Waals surface area contributed by atoms with Gasteiger partial charge in [0, 0.05) is 38.6 Å². The molecule has 0 unspecified atom stereocenters. The molecule has 27 heavy (non-hydrogen) atoms. The molecule has 0 atom stereocenters. The molecule has 0 spiro atoms. The van der Waals surface area contributed by atoms with E-state index in [1.54, 1.807) is 11.3 Å². The lowest BCUT2D eigenvalue weighted by molar-refractivity contribution is 0.176. The SMILES string of the molecule is CCc1nc(CN2CCC(CNC(=NC)N3CCC(C)(C)C3)CC2)cs1.I. The van der Waals surface area contributed by atoms with Crippen LogP contribution in [0.3, 0.4) is 0 Å². The predicted molar refractivity (Wildman–Crippen MR) is 126 cm³/mol. The lowest BCUT2D eigenvalue weighted by Gasteiger charge is -2.32. The molecule has 2 aliphatic rings. The molecule has 1 aromatic heterocycles. The fraction of sp³-hybridized carbons (Fsp3) is 0.800. The number of nitrogens with one attached hydrogen (secondary N) is 1. The third-order valence-corrected chi connectivity index (χ3v) is 6.77. The van der Waals surface area contributed by atoms with Gasteiger partial charge in [-0.3, -0.25) is 9.89 Å². The van der Waals surface area contributed by atoms with Crippen LogP contribution in [0.1, 0.15) is 50.7 Å². The Hall–Kier alpha value is -0.410. The van der Waals surface area contributed by atoms with E-state index in [0.29, 0.717) is 5.41 Å². The van der Waals surface area contributed by atoms with Crippen LogP contribution in [-0.2, 0) is 13.0 Å². The van der Waals surface area contributed by atoms with Crippen molar-refractivity contribution in [1.82, 2.24) is 20.1 Å². The Bertz CT molecular complexity index is 607. The van der Waals surface area contributed by atoms with E-state index >= 15 is 0 Å². The summed E-state index contributed by atoms with van der Waals surface area (Å²) in [5.41, 5.74) is 1.66. The third-order valence-electron chi connectivity index (χ3n) is 5.73. The van der Waals surface area contributed by atoms with Gasteiger partial charge in [0.25, 0.3) is 0 Å². The molecule has 2 saturated heterocycles. The second-order valence-electron chi connectivity index (χ2n) is 8.57. The van der Waals surface area contributed by atoms with Gasteiger partial charge in [0.2, 0.25) is 0 Å². The summed E-state index contributed by atoms with van der Waals surface area (Å²) < 4.78 is 0. The van der Waals surface area contributed by atoms with Crippen molar-refractivity contribution in [3.05, 3.63) is 16.1 Å². The summed E-state index contributed by atoms with van der Waals surface area (Å²) in [4.78, 5) is 14.2. The molecule has 0 saturated carbocycles. The van der Waals surface area contributed by atoms with Gasteiger partial charge in [-0.05, 0) is 50.1 Å². The maximum atomic E-state index is 4.71. The minimum Gasteiger partial charge on any atom is -0.356 e. The van der Waals surface area contributed by atoms with Crippen LogP contribution in [0.5, 0.6) is 0 Å². The number of thiazole rings is 1. The number of rotatable bonds is 5. The van der Waals surface area contributed by atoms with Crippen LogP contribution in [-0.4, -0.2) is 60.5 Å². The molecule has 1 aromatic rings. The largest absolute Gasteiger partial charge is 0.356 e. The van der Waals surface area contributed by atoms with Crippen LogP contribution >= 0.6 is 35.3 Å². The second kappa shape index (κ2) is 10.4. The lowest BCUT2D eigenvalue weighted by atomic mass is 9.93. The highest BCUT2D eigenvalue weighted by molar-refractivity contribution is 14.0. The molecule has 7 heteroatoms. The van der Waals surface area contributed by atoms with Gasteiger partial charge in [0.1, 0.15) is 0 Å². The number of piperidine rings is 1. The van der Waals surface area contributed by atoms with Gasteiger partial charge in [0.15, 0.2) is 5.96 Å². The number of hydrogen-bond donors (Lipinski definition) is 1. The standard InChI is InChI=1S/C20H35N5S.HI/c1-5-18-23-17(14-26-18)13-24-9-6-16(7-10-24)12-22-19(21-4)25-11-8-20(2,3)15-25;/h14,16H,5-13,15H2,1-4H3,(H,21,22);1H. The number of halogens is 1. The highest BCUT2D eigenvalue weighted by atomic mass is 127. The molecule has 3 heterocycles. The minimum absolute atomic E-state index is 0. The van der Waals surface area contributed by atoms with E-state index in [2.05, 4.69) is 46.3 Å². The van der Waals surface area contributed by atoms with Crippen LogP contribution in [0.25, 0.3) is 0 Å². The second-order valence-corrected chi connectivity index (χ2v) is 9.51. The van der Waals surface area contributed by atoms with Crippen molar-refractivity contribution in [1.29, 1.82) is 0 Å². The van der Waals surface area contributed by atoms with E-state index in [4.69, 9.17) is 4.98 Å². The third kappa shape index (κ3) is 6.56. The molecule has 0 radical (unpaired) electrons. The number of nitrogens with zero attached hydrogens (tertiary/aromatic N) is 4. The zero-order chi connectivity index (χ0) is 18.6. The molecule has 0 amide bonds. The molecule has 154 valence electrons. The van der Waals surface area contributed by atoms with Crippen LogP contribution in [0.4, 0.5) is 0 Å². The van der Waals surface area contributed by atoms with Gasteiger partial charge in [-0.15, -0.1) is 35.3 Å². The molecule has 5 nitrogen and oxygen atoms in total. The van der Waals surface area contributed by atoms with Crippen molar-refractivity contribution in [3.63, 3.8) is 0 Å². The van der Waals surface area contributed by atoms with Crippen molar-refractivity contribution < 1.29 is 0 Å². The van der Waals surface area contributed by atoms with Crippen molar-refractivity contribution >= 4 is 41.3 Å². The van der Waals surface area contributed by atoms with E-state index in [1.165, 1.54) is 43.1 Å². The average Bonchev–Trinajstić information content (AvgIpc) is 3.23. The zero-order valence-electron chi connectivity index (χ0n) is 17.3. The maximum absolute atomic E-state index is 4.71. The van der Waals surface area contributed by atoms with Crippen molar-refractivity contribution in [3.8, 4) is 0 Å². The van der Waals surface area contributed by atoms with Crippen molar-refractivity contribution in [2.75, 3.05) is 39.8 Å². The first-order valence-corrected chi connectivity index (χ1v) is 11.0. The van der Waals surface area contributed by atoms with Gasteiger partial charge >= 0.3 is 0 Å². The van der Waals surface area contributed by atoms with Gasteiger partial charge < -0.3 is 10.2 Å². The van der Waals surface area contributed by atoms with Gasteiger partial charge in [0.05, 0.1) is 10.7 Å². The zero-order valence-corrected chi connectivity index (χ0v) is 20.5. The van der Waals surface area contributed by atoms with Gasteiger partial charge in [-0.2, -0.15) is 0 Å². The molecule has 2 fully saturated rings. The van der Waals surface area contributed by atoms with E-state index in [1.807, 2.05) is 7.05 Å². The normalized spacial score (nSPS) is 21.3. The fourth-order valence-electron chi connectivity index (χ4n) is 4.02. The van der Waals surface area contributed by atoms with Gasteiger partial charge in [-0.1, -0.05) is 20.8 Å². The Morgan fingerprint density at radius 1 is 1.33 bits per heavy atom. The molecule has 0 aliphatic carbocycles. The fourth-order valence-corrected chi connectivity index (χ4v) is 4.76. The first-order chi connectivity index (χ1) is 12.5. The monoisotopic (exact) mass is 505 g/mol. The Morgan fingerprint density at radius 3 is 2.63 bits per heavy atom. The summed E-state index contributed by atoms with van der Waals surface area (Å²) >= 11 is 1.80. The van der Waals surface area contributed by atoms with E-state index in [-0.39, 0.29) is 24.0 Å². The van der Waals surface area contributed by atoms with Gasteiger partial charge in [-0.25, -0.2) is 4.98 Å². The van der Waals surface area contributed by atoms with Crippen LogP contribution in [0, 0.1) is 11.3 Å². The maximum Gasteiger partial charge on any atom is 0.193 e. The molecule has 0 aromatic carbocycles. The summed E-state index contributed by atoms with van der Waals surface area (Å²) in [5, 5.41) is 7.13.